The first-order chi connectivity index (χ1) is 4.47. The fraction of sp³-hybridized carbons (Fsp3) is 0.143. The van der Waals surface area contributed by atoms with Crippen molar-refractivity contribution in [3.63, 3.8) is 0 Å². The predicted molar refractivity (Wildman–Crippen MR) is 36.7 cm³/mol. The van der Waals surface area contributed by atoms with Gasteiger partial charge in [0, 0.05) is 11.8 Å². The highest BCUT2D eigenvalue weighted by molar-refractivity contribution is 5.88. The topological polar surface area (TPSA) is 24.4 Å². The highest BCUT2D eigenvalue weighted by Gasteiger charge is 2.09. The van der Waals surface area contributed by atoms with Crippen molar-refractivity contribution in [3.8, 4) is 0 Å². The molecule has 0 bridgehead atoms. The summed E-state index contributed by atoms with van der Waals surface area (Å²) in [4.78, 5) is 3.99. The highest BCUT2D eigenvalue weighted by Crippen LogP contribution is 2.16. The molecular weight excluding hydrogens is 112 g/mol. The number of aliphatic imine (C=N–C) groups is 1. The van der Waals surface area contributed by atoms with E-state index in [9.17, 15) is 0 Å². The van der Waals surface area contributed by atoms with Crippen LogP contribution in [0.25, 0.3) is 0 Å². The molecule has 2 aliphatic heterocycles. The molecule has 2 heterocycles. The highest BCUT2D eigenvalue weighted by atomic mass is 14.9. The number of allylic oxidation sites excluding steroid dienone is 1. The van der Waals surface area contributed by atoms with E-state index in [1.165, 1.54) is 5.57 Å². The summed E-state index contributed by atoms with van der Waals surface area (Å²) in [6, 6.07) is 0. The van der Waals surface area contributed by atoms with E-state index in [-0.39, 0.29) is 0 Å². The van der Waals surface area contributed by atoms with Crippen molar-refractivity contribution in [1.82, 2.24) is 5.32 Å². The number of hydrogen-bond acceptors (Lipinski definition) is 2. The first kappa shape index (κ1) is 4.79. The molecule has 2 rings (SSSR count). The third-order valence-corrected chi connectivity index (χ3v) is 1.44. The van der Waals surface area contributed by atoms with Crippen LogP contribution in [0.5, 0.6) is 0 Å². The Morgan fingerprint density at radius 3 is 3.44 bits per heavy atom. The van der Waals surface area contributed by atoms with E-state index in [1.54, 1.807) is 0 Å². The lowest BCUT2D eigenvalue weighted by molar-refractivity contribution is 0.904. The summed E-state index contributed by atoms with van der Waals surface area (Å²) in [5.74, 6) is 0. The zero-order chi connectivity index (χ0) is 6.10. The molecule has 2 nitrogen and oxygen atoms in total. The molecule has 1 N–H and O–H groups in total. The Bertz CT molecular complexity index is 211. The standard InChI is InChI=1S/C7H7N2/c1-2-6-4-8-5-7(6)9-3-1/h2-5,9H,1H2. The van der Waals surface area contributed by atoms with Crippen LogP contribution in [0.15, 0.2) is 28.5 Å². The fourth-order valence-corrected chi connectivity index (χ4v) is 0.974. The van der Waals surface area contributed by atoms with Gasteiger partial charge in [-0.25, -0.2) is 0 Å². The molecule has 0 spiro atoms. The lowest BCUT2D eigenvalue weighted by atomic mass is 10.1. The van der Waals surface area contributed by atoms with Crippen molar-refractivity contribution >= 4 is 6.21 Å². The number of nitrogens with zero attached hydrogens (tertiary/aromatic N) is 1. The molecule has 2 aliphatic rings. The van der Waals surface area contributed by atoms with Crippen molar-refractivity contribution < 1.29 is 0 Å². The second-order valence-electron chi connectivity index (χ2n) is 2.06. The van der Waals surface area contributed by atoms with Gasteiger partial charge in [-0.2, -0.15) is 0 Å². The van der Waals surface area contributed by atoms with Crippen LogP contribution >= 0.6 is 0 Å². The Hall–Kier alpha value is -1.05. The number of fused-ring (bicyclic) bond motifs is 1. The molecule has 0 aromatic rings. The smallest absolute Gasteiger partial charge is 0.0615 e. The van der Waals surface area contributed by atoms with Gasteiger partial charge in [0.05, 0.1) is 18.4 Å². The van der Waals surface area contributed by atoms with Gasteiger partial charge in [-0.1, -0.05) is 6.08 Å². The maximum Gasteiger partial charge on any atom is 0.0615 e. The second kappa shape index (κ2) is 1.72. The van der Waals surface area contributed by atoms with Crippen molar-refractivity contribution in [1.29, 1.82) is 0 Å². The zero-order valence-electron chi connectivity index (χ0n) is 4.96. The zero-order valence-corrected chi connectivity index (χ0v) is 4.96. The van der Waals surface area contributed by atoms with Gasteiger partial charge in [0.25, 0.3) is 0 Å². The monoisotopic (exact) mass is 119 g/mol. The van der Waals surface area contributed by atoms with Gasteiger partial charge in [-0.05, 0) is 6.42 Å². The predicted octanol–water partition coefficient (Wildman–Crippen LogP) is 0.994. The number of rotatable bonds is 0. The van der Waals surface area contributed by atoms with Gasteiger partial charge in [-0.3, -0.25) is 4.99 Å². The van der Waals surface area contributed by atoms with Gasteiger partial charge in [0.2, 0.25) is 0 Å². The summed E-state index contributed by atoms with van der Waals surface area (Å²) in [5, 5.41) is 3.12. The third-order valence-electron chi connectivity index (χ3n) is 1.44. The minimum atomic E-state index is 0.999. The molecule has 1 radical (unpaired) electrons. The first-order valence-corrected chi connectivity index (χ1v) is 2.99. The second-order valence-corrected chi connectivity index (χ2v) is 2.06. The molecule has 45 valence electrons. The maximum absolute atomic E-state index is 3.99. The van der Waals surface area contributed by atoms with Crippen LogP contribution in [0.1, 0.15) is 6.42 Å². The maximum atomic E-state index is 3.99. The average molecular weight is 119 g/mol. The lowest BCUT2D eigenvalue weighted by Gasteiger charge is -2.10. The van der Waals surface area contributed by atoms with Crippen molar-refractivity contribution in [2.45, 2.75) is 6.42 Å². The third kappa shape index (κ3) is 0.669. The fourth-order valence-electron chi connectivity index (χ4n) is 0.974. The molecule has 2 heteroatoms. The van der Waals surface area contributed by atoms with Crippen molar-refractivity contribution in [2.24, 2.45) is 4.99 Å². The van der Waals surface area contributed by atoms with E-state index >= 15 is 0 Å². The minimum absolute atomic E-state index is 0.999. The Balaban J connectivity index is 2.38. The van der Waals surface area contributed by atoms with Crippen LogP contribution in [0.3, 0.4) is 0 Å². The van der Waals surface area contributed by atoms with Crippen LogP contribution < -0.4 is 5.32 Å². The van der Waals surface area contributed by atoms with Crippen molar-refractivity contribution in [2.75, 3.05) is 0 Å². The molecule has 0 amide bonds. The van der Waals surface area contributed by atoms with Gasteiger partial charge < -0.3 is 5.32 Å². The first-order valence-electron chi connectivity index (χ1n) is 2.99. The minimum Gasteiger partial charge on any atom is -0.378 e. The van der Waals surface area contributed by atoms with Crippen LogP contribution in [-0.4, -0.2) is 6.21 Å². The van der Waals surface area contributed by atoms with E-state index in [2.05, 4.69) is 16.4 Å². The molecule has 0 aliphatic carbocycles. The normalized spacial score (nSPS) is 22.2. The van der Waals surface area contributed by atoms with Crippen LogP contribution in [0.4, 0.5) is 0 Å². The van der Waals surface area contributed by atoms with E-state index in [4.69, 9.17) is 0 Å². The molecule has 0 fully saturated rings. The van der Waals surface area contributed by atoms with Gasteiger partial charge in [0.15, 0.2) is 0 Å². The van der Waals surface area contributed by atoms with Gasteiger partial charge in [0.1, 0.15) is 0 Å². The molecular formula is C7H7N2. The Morgan fingerprint density at radius 1 is 1.56 bits per heavy atom. The number of nitrogens with one attached hydrogen (secondary N) is 1. The Kier molecular flexibility index (Phi) is 0.918. The van der Waals surface area contributed by atoms with Crippen molar-refractivity contribution in [3.05, 3.63) is 30.1 Å². The summed E-state index contributed by atoms with van der Waals surface area (Å²) in [6.07, 6.45) is 6.86. The largest absolute Gasteiger partial charge is 0.378 e. The average Bonchev–Trinajstić information content (AvgIpc) is 2.33. The summed E-state index contributed by atoms with van der Waals surface area (Å²) in [6.45, 7) is 2.02. The summed E-state index contributed by atoms with van der Waals surface area (Å²) >= 11 is 0. The van der Waals surface area contributed by atoms with E-state index in [0.29, 0.717) is 0 Å². The molecule has 0 aromatic heterocycles. The summed E-state index contributed by atoms with van der Waals surface area (Å²) in [5.41, 5.74) is 2.35. The molecule has 0 atom stereocenters. The van der Waals surface area contributed by atoms with Crippen LogP contribution in [-0.2, 0) is 0 Å². The number of hydrogen-bond donors (Lipinski definition) is 1. The molecule has 0 unspecified atom stereocenters. The quantitative estimate of drug-likeness (QED) is 0.505. The van der Waals surface area contributed by atoms with E-state index in [0.717, 1.165) is 12.1 Å². The van der Waals surface area contributed by atoms with E-state index < -0.39 is 0 Å². The molecule has 9 heavy (non-hydrogen) atoms. The van der Waals surface area contributed by atoms with Gasteiger partial charge >= 0.3 is 0 Å². The summed E-state index contributed by atoms with van der Waals surface area (Å²) < 4.78 is 0. The van der Waals surface area contributed by atoms with Gasteiger partial charge in [-0.15, -0.1) is 0 Å². The molecule has 0 saturated heterocycles. The Morgan fingerprint density at radius 2 is 2.56 bits per heavy atom. The van der Waals surface area contributed by atoms with Crippen LogP contribution in [0.2, 0.25) is 0 Å². The summed E-state index contributed by atoms with van der Waals surface area (Å²) in [7, 11) is 0. The van der Waals surface area contributed by atoms with E-state index in [1.807, 2.05) is 19.0 Å². The SMILES string of the molecule is [CH]1CC=C2C=NC=C2N1. The molecule has 0 saturated carbocycles. The lowest BCUT2D eigenvalue weighted by Crippen LogP contribution is -2.13. The molecule has 0 aromatic carbocycles. The Labute approximate surface area is 54.0 Å². The van der Waals surface area contributed by atoms with Crippen LogP contribution in [0, 0.1) is 6.54 Å².